The first-order chi connectivity index (χ1) is 12.4. The summed E-state index contributed by atoms with van der Waals surface area (Å²) in [7, 11) is 0. The van der Waals surface area contributed by atoms with E-state index in [1.165, 1.54) is 70.6 Å². The average molecular weight is 368 g/mol. The second-order valence-corrected chi connectivity index (χ2v) is 7.90. The summed E-state index contributed by atoms with van der Waals surface area (Å²) in [6, 6.07) is 0. The van der Waals surface area contributed by atoms with E-state index in [4.69, 9.17) is 10.8 Å². The molecular formula is C22H41NO3. The van der Waals surface area contributed by atoms with Crippen LogP contribution >= 0.6 is 0 Å². The van der Waals surface area contributed by atoms with Gasteiger partial charge in [0.1, 0.15) is 0 Å². The Morgan fingerprint density at radius 3 is 1.73 bits per heavy atom. The molecule has 3 N–H and O–H groups in total. The lowest BCUT2D eigenvalue weighted by Crippen LogP contribution is -2.23. The summed E-state index contributed by atoms with van der Waals surface area (Å²) in [5.41, 5.74) is 5.20. The molecule has 0 aromatic heterocycles. The molecule has 0 rings (SSSR count). The molecule has 0 aliphatic heterocycles. The van der Waals surface area contributed by atoms with Gasteiger partial charge >= 0.3 is 5.97 Å². The van der Waals surface area contributed by atoms with Crippen LogP contribution < -0.4 is 5.73 Å². The lowest BCUT2D eigenvalue weighted by Gasteiger charge is -2.05. The normalized spacial score (nSPS) is 12.7. The number of hydrogen-bond donors (Lipinski definition) is 2. The first kappa shape index (κ1) is 24.7. The molecule has 0 aromatic carbocycles. The molecule has 0 spiro atoms. The largest absolute Gasteiger partial charge is 0.481 e. The summed E-state index contributed by atoms with van der Waals surface area (Å²) >= 11 is 0. The molecule has 1 unspecified atom stereocenters. The number of nitrogens with two attached hydrogens (primary N) is 1. The molecular weight excluding hydrogens is 326 g/mol. The SMILES string of the molecule is CC(C)CCCCCCCCCCCCCC=CC(CC(=O)O)C(N)=O. The van der Waals surface area contributed by atoms with E-state index in [0.29, 0.717) is 0 Å². The van der Waals surface area contributed by atoms with Crippen molar-refractivity contribution in [2.75, 3.05) is 0 Å². The van der Waals surface area contributed by atoms with Gasteiger partial charge in [-0.25, -0.2) is 0 Å². The van der Waals surface area contributed by atoms with Crippen molar-refractivity contribution in [1.82, 2.24) is 0 Å². The van der Waals surface area contributed by atoms with Crippen LogP contribution in [0.15, 0.2) is 12.2 Å². The molecule has 0 fully saturated rings. The van der Waals surface area contributed by atoms with Gasteiger partial charge in [0.25, 0.3) is 0 Å². The molecule has 0 heterocycles. The van der Waals surface area contributed by atoms with Crippen LogP contribution in [0.1, 0.15) is 104 Å². The van der Waals surface area contributed by atoms with Gasteiger partial charge in [0.05, 0.1) is 12.3 Å². The number of hydrogen-bond acceptors (Lipinski definition) is 2. The van der Waals surface area contributed by atoms with Gasteiger partial charge < -0.3 is 10.8 Å². The van der Waals surface area contributed by atoms with E-state index < -0.39 is 17.8 Å². The van der Waals surface area contributed by atoms with E-state index in [0.717, 1.165) is 18.8 Å². The molecule has 26 heavy (non-hydrogen) atoms. The average Bonchev–Trinajstić information content (AvgIpc) is 2.56. The number of unbranched alkanes of at least 4 members (excludes halogenated alkanes) is 11. The number of carboxylic acids is 1. The van der Waals surface area contributed by atoms with E-state index in [1.54, 1.807) is 6.08 Å². The van der Waals surface area contributed by atoms with E-state index in [2.05, 4.69) is 13.8 Å². The summed E-state index contributed by atoms with van der Waals surface area (Å²) in [5, 5.41) is 8.73. The Labute approximate surface area is 160 Å². The molecule has 0 saturated heterocycles. The third kappa shape index (κ3) is 17.5. The Balaban J connectivity index is 3.39. The van der Waals surface area contributed by atoms with E-state index in [9.17, 15) is 9.59 Å². The van der Waals surface area contributed by atoms with Crippen molar-refractivity contribution < 1.29 is 14.7 Å². The number of primary amides is 1. The Hall–Kier alpha value is -1.32. The maximum atomic E-state index is 11.1. The van der Waals surface area contributed by atoms with Crippen LogP contribution in [0.2, 0.25) is 0 Å². The fourth-order valence-corrected chi connectivity index (χ4v) is 3.12. The van der Waals surface area contributed by atoms with E-state index >= 15 is 0 Å². The first-order valence-electron chi connectivity index (χ1n) is 10.6. The maximum absolute atomic E-state index is 11.1. The number of rotatable bonds is 18. The molecule has 4 nitrogen and oxygen atoms in total. The van der Waals surface area contributed by atoms with Gasteiger partial charge in [-0.05, 0) is 18.8 Å². The summed E-state index contributed by atoms with van der Waals surface area (Å²) in [4.78, 5) is 21.8. The van der Waals surface area contributed by atoms with Crippen molar-refractivity contribution in [2.45, 2.75) is 104 Å². The number of allylic oxidation sites excluding steroid dienone is 1. The van der Waals surface area contributed by atoms with Crippen LogP contribution in [0, 0.1) is 11.8 Å². The van der Waals surface area contributed by atoms with Gasteiger partial charge in [-0.3, -0.25) is 9.59 Å². The lowest BCUT2D eigenvalue weighted by atomic mass is 10.0. The first-order valence-corrected chi connectivity index (χ1v) is 10.6. The van der Waals surface area contributed by atoms with E-state index in [1.807, 2.05) is 6.08 Å². The van der Waals surface area contributed by atoms with Crippen LogP contribution in [-0.2, 0) is 9.59 Å². The minimum absolute atomic E-state index is 0.219. The highest BCUT2D eigenvalue weighted by atomic mass is 16.4. The number of carboxylic acid groups (broad SMARTS) is 1. The van der Waals surface area contributed by atoms with Crippen molar-refractivity contribution in [3.05, 3.63) is 12.2 Å². The maximum Gasteiger partial charge on any atom is 0.304 e. The summed E-state index contributed by atoms with van der Waals surface area (Å²) < 4.78 is 0. The highest BCUT2D eigenvalue weighted by molar-refractivity contribution is 5.83. The number of carbonyl (C=O) groups excluding carboxylic acids is 1. The molecule has 0 saturated carbocycles. The van der Waals surface area contributed by atoms with Gasteiger partial charge in [0.15, 0.2) is 0 Å². The molecule has 4 heteroatoms. The molecule has 0 radical (unpaired) electrons. The Bertz CT molecular complexity index is 391. The van der Waals surface area contributed by atoms with Gasteiger partial charge in [0, 0.05) is 0 Å². The van der Waals surface area contributed by atoms with Gasteiger partial charge in [-0.1, -0.05) is 96.6 Å². The number of aliphatic carboxylic acids is 1. The highest BCUT2D eigenvalue weighted by Gasteiger charge is 2.15. The zero-order chi connectivity index (χ0) is 19.6. The van der Waals surface area contributed by atoms with Gasteiger partial charge in [0.2, 0.25) is 5.91 Å². The van der Waals surface area contributed by atoms with Crippen molar-refractivity contribution in [3.8, 4) is 0 Å². The summed E-state index contributed by atoms with van der Waals surface area (Å²) in [6.07, 6.45) is 20.1. The van der Waals surface area contributed by atoms with Crippen LogP contribution in [-0.4, -0.2) is 17.0 Å². The minimum atomic E-state index is -0.992. The molecule has 152 valence electrons. The van der Waals surface area contributed by atoms with Gasteiger partial charge in [-0.15, -0.1) is 0 Å². The van der Waals surface area contributed by atoms with Crippen LogP contribution in [0.4, 0.5) is 0 Å². The topological polar surface area (TPSA) is 80.4 Å². The molecule has 0 aliphatic rings. The predicted octanol–water partition coefficient (Wildman–Crippen LogP) is 5.85. The molecule has 1 amide bonds. The fraction of sp³-hybridized carbons (Fsp3) is 0.818. The quantitative estimate of drug-likeness (QED) is 0.236. The molecule has 0 aliphatic carbocycles. The van der Waals surface area contributed by atoms with Crippen LogP contribution in [0.3, 0.4) is 0 Å². The fourth-order valence-electron chi connectivity index (χ4n) is 3.12. The molecule has 1 atom stereocenters. The predicted molar refractivity (Wildman–Crippen MR) is 109 cm³/mol. The summed E-state index contributed by atoms with van der Waals surface area (Å²) in [5.74, 6) is -1.39. The van der Waals surface area contributed by atoms with Crippen molar-refractivity contribution in [2.24, 2.45) is 17.6 Å². The second-order valence-electron chi connectivity index (χ2n) is 7.90. The zero-order valence-electron chi connectivity index (χ0n) is 17.0. The smallest absolute Gasteiger partial charge is 0.304 e. The number of carbonyl (C=O) groups is 2. The van der Waals surface area contributed by atoms with Crippen LogP contribution in [0.25, 0.3) is 0 Å². The number of amides is 1. The molecule has 0 bridgehead atoms. The standard InChI is InChI=1S/C22H41NO3/c1-19(2)16-14-12-10-8-6-4-3-5-7-9-11-13-15-17-20(22(23)26)18-21(24)25/h15,17,19-20H,3-14,16,18H2,1-2H3,(H2,23,26)(H,24,25). The Kier molecular flexibility index (Phi) is 16.2. The minimum Gasteiger partial charge on any atom is -0.481 e. The van der Waals surface area contributed by atoms with Crippen molar-refractivity contribution >= 4 is 11.9 Å². The Morgan fingerprint density at radius 1 is 0.846 bits per heavy atom. The molecule has 0 aromatic rings. The third-order valence-electron chi connectivity index (χ3n) is 4.78. The van der Waals surface area contributed by atoms with Crippen LogP contribution in [0.5, 0.6) is 0 Å². The second kappa shape index (κ2) is 17.1. The van der Waals surface area contributed by atoms with Gasteiger partial charge in [-0.2, -0.15) is 0 Å². The third-order valence-corrected chi connectivity index (χ3v) is 4.78. The van der Waals surface area contributed by atoms with E-state index in [-0.39, 0.29) is 6.42 Å². The van der Waals surface area contributed by atoms with Crippen molar-refractivity contribution in [3.63, 3.8) is 0 Å². The summed E-state index contributed by atoms with van der Waals surface area (Å²) in [6.45, 7) is 4.60. The monoisotopic (exact) mass is 367 g/mol. The zero-order valence-corrected chi connectivity index (χ0v) is 17.0. The van der Waals surface area contributed by atoms with Crippen molar-refractivity contribution in [1.29, 1.82) is 0 Å². The highest BCUT2D eigenvalue weighted by Crippen LogP contribution is 2.14. The lowest BCUT2D eigenvalue weighted by molar-refractivity contribution is -0.139. The Morgan fingerprint density at radius 2 is 1.31 bits per heavy atom.